The van der Waals surface area contributed by atoms with E-state index in [0.29, 0.717) is 86.3 Å². The van der Waals surface area contributed by atoms with Crippen LogP contribution in [-0.2, 0) is 11.2 Å². The molecule has 3 aromatic rings. The highest BCUT2D eigenvalue weighted by Gasteiger charge is 2.38. The maximum absolute atomic E-state index is 15.9. The summed E-state index contributed by atoms with van der Waals surface area (Å²) in [5, 5.41) is 0. The van der Waals surface area contributed by atoms with Crippen LogP contribution in [0.1, 0.15) is 166 Å². The summed E-state index contributed by atoms with van der Waals surface area (Å²) in [6.07, 6.45) is 11.0. The molecule has 0 unspecified atom stereocenters. The van der Waals surface area contributed by atoms with Crippen LogP contribution >= 0.6 is 0 Å². The maximum atomic E-state index is 15.9. The van der Waals surface area contributed by atoms with Crippen molar-refractivity contribution in [3.05, 3.63) is 58.9 Å². The van der Waals surface area contributed by atoms with Gasteiger partial charge < -0.3 is 42.6 Å². The normalized spacial score (nSPS) is 14.4. The number of unbranched alkanes of at least 4 members (excludes halogenated alkanes) is 7. The highest BCUT2D eigenvalue weighted by atomic mass is 19.1. The molecular formula is C50H73FO10. The first-order valence-corrected chi connectivity index (χ1v) is 23.3. The Bertz CT molecular complexity index is 1710. The monoisotopic (exact) mass is 853 g/mol. The lowest BCUT2D eigenvalue weighted by molar-refractivity contribution is -0.0191. The minimum absolute atomic E-state index is 0.00215. The number of fused-ring (bicyclic) bond motifs is 1. The first-order valence-electron chi connectivity index (χ1n) is 23.3. The Morgan fingerprint density at radius 2 is 0.984 bits per heavy atom. The first-order chi connectivity index (χ1) is 29.8. The number of hydrogen-bond donors (Lipinski definition) is 0. The number of carbonyl (C=O) groups excluding carboxylic acids is 1. The molecular weight excluding hydrogens is 780 g/mol. The number of carbonyl (C=O) groups is 1. The van der Waals surface area contributed by atoms with E-state index in [1.54, 1.807) is 0 Å². The molecule has 1 aliphatic rings. The summed E-state index contributed by atoms with van der Waals surface area (Å²) in [6, 6.07) is 10.3. The lowest BCUT2D eigenvalue weighted by Crippen LogP contribution is -2.35. The van der Waals surface area contributed by atoms with Gasteiger partial charge in [-0.2, -0.15) is 0 Å². The van der Waals surface area contributed by atoms with Crippen LogP contribution < -0.4 is 37.9 Å². The second-order valence-electron chi connectivity index (χ2n) is 15.6. The Hall–Kier alpha value is -4.54. The molecule has 61 heavy (non-hydrogen) atoms. The number of halogens is 1. The predicted molar refractivity (Wildman–Crippen MR) is 238 cm³/mol. The smallest absolute Gasteiger partial charge is 0.338 e. The van der Waals surface area contributed by atoms with Crippen LogP contribution in [0.25, 0.3) is 0 Å². The second kappa shape index (κ2) is 27.4. The molecule has 1 heterocycles. The van der Waals surface area contributed by atoms with Crippen LogP contribution in [0.2, 0.25) is 0 Å². The average molecular weight is 853 g/mol. The highest BCUT2D eigenvalue weighted by molar-refractivity contribution is 5.90. The van der Waals surface area contributed by atoms with Gasteiger partial charge in [-0.25, -0.2) is 9.18 Å². The van der Waals surface area contributed by atoms with Gasteiger partial charge in [-0.3, -0.25) is 0 Å². The Kier molecular flexibility index (Phi) is 22.1. The lowest BCUT2D eigenvalue weighted by atomic mass is 9.93. The van der Waals surface area contributed by atoms with Crippen LogP contribution in [-0.4, -0.2) is 58.3 Å². The third-order valence-electron chi connectivity index (χ3n) is 10.3. The van der Waals surface area contributed by atoms with Gasteiger partial charge in [0.15, 0.2) is 34.9 Å². The van der Waals surface area contributed by atoms with Crippen molar-refractivity contribution in [2.45, 2.75) is 157 Å². The van der Waals surface area contributed by atoms with E-state index in [9.17, 15) is 4.79 Å². The summed E-state index contributed by atoms with van der Waals surface area (Å²) >= 11 is 0. The topological polar surface area (TPSA) is 100 Å². The standard InChI is InChI=1S/C50H73FO10/c1-8-15-22-53-38-33-41(54-23-16-9-2)39-35-46(61-50(52)37-29-40(51)48(58-27-20-13-6)43(32-37)55-24-17-10-3)47(60-42(39)34-38)36-30-44(56-25-18-11-4)49(59-28-21-14-7)45(31-36)57-26-19-12-5/h29-34,46-47H,8-28,35H2,1-7H3/t46-,47+/m1/s1. The molecule has 10 nitrogen and oxygen atoms in total. The van der Waals surface area contributed by atoms with Gasteiger partial charge in [0, 0.05) is 29.7 Å². The molecule has 0 N–H and O–H groups in total. The quantitative estimate of drug-likeness (QED) is 0.0459. The molecule has 0 fully saturated rings. The van der Waals surface area contributed by atoms with E-state index in [2.05, 4.69) is 34.6 Å². The summed E-state index contributed by atoms with van der Waals surface area (Å²) in [6.45, 7) is 17.9. The van der Waals surface area contributed by atoms with Crippen molar-refractivity contribution in [1.82, 2.24) is 0 Å². The summed E-state index contributed by atoms with van der Waals surface area (Å²) in [5.74, 6) is 2.14. The molecule has 340 valence electrons. The van der Waals surface area contributed by atoms with E-state index >= 15 is 4.39 Å². The Morgan fingerprint density at radius 1 is 0.541 bits per heavy atom. The zero-order valence-electron chi connectivity index (χ0n) is 38.1. The number of hydrogen-bond acceptors (Lipinski definition) is 10. The minimum Gasteiger partial charge on any atom is -0.493 e. The molecule has 0 radical (unpaired) electrons. The summed E-state index contributed by atoms with van der Waals surface area (Å²) in [7, 11) is 0. The van der Waals surface area contributed by atoms with Crippen LogP contribution in [0.3, 0.4) is 0 Å². The summed E-state index contributed by atoms with van der Waals surface area (Å²) in [5.41, 5.74) is 1.42. The van der Waals surface area contributed by atoms with Gasteiger partial charge in [0.05, 0.1) is 51.8 Å². The van der Waals surface area contributed by atoms with Crippen molar-refractivity contribution < 1.29 is 51.8 Å². The maximum Gasteiger partial charge on any atom is 0.338 e. The second-order valence-corrected chi connectivity index (χ2v) is 15.6. The van der Waals surface area contributed by atoms with E-state index < -0.39 is 24.0 Å². The van der Waals surface area contributed by atoms with Crippen LogP contribution in [0, 0.1) is 5.82 Å². The largest absolute Gasteiger partial charge is 0.493 e. The molecule has 0 saturated heterocycles. The van der Waals surface area contributed by atoms with Gasteiger partial charge in [0.2, 0.25) is 5.75 Å². The molecule has 3 aromatic carbocycles. The molecule has 1 aliphatic heterocycles. The van der Waals surface area contributed by atoms with E-state index in [1.807, 2.05) is 38.1 Å². The minimum atomic E-state index is -0.882. The zero-order chi connectivity index (χ0) is 43.8. The van der Waals surface area contributed by atoms with Gasteiger partial charge in [-0.1, -0.05) is 93.4 Å². The van der Waals surface area contributed by atoms with E-state index in [1.165, 1.54) is 6.07 Å². The molecule has 0 saturated carbocycles. The van der Waals surface area contributed by atoms with Crippen molar-refractivity contribution in [2.75, 3.05) is 46.2 Å². The summed E-state index contributed by atoms with van der Waals surface area (Å²) in [4.78, 5) is 14.3. The average Bonchev–Trinajstić information content (AvgIpc) is 3.25. The van der Waals surface area contributed by atoms with Crippen molar-refractivity contribution in [1.29, 1.82) is 0 Å². The van der Waals surface area contributed by atoms with Crippen LogP contribution in [0.5, 0.6) is 46.0 Å². The Labute approximate surface area is 365 Å². The lowest BCUT2D eigenvalue weighted by Gasteiger charge is -2.35. The van der Waals surface area contributed by atoms with Gasteiger partial charge in [-0.05, 0) is 69.2 Å². The van der Waals surface area contributed by atoms with Gasteiger partial charge in [0.1, 0.15) is 23.4 Å². The molecule has 0 aliphatic carbocycles. The Morgan fingerprint density at radius 3 is 1.49 bits per heavy atom. The molecule has 0 spiro atoms. The highest BCUT2D eigenvalue weighted by Crippen LogP contribution is 2.48. The number of esters is 1. The third-order valence-corrected chi connectivity index (χ3v) is 10.3. The van der Waals surface area contributed by atoms with Crippen LogP contribution in [0.15, 0.2) is 36.4 Å². The van der Waals surface area contributed by atoms with E-state index in [4.69, 9.17) is 42.6 Å². The van der Waals surface area contributed by atoms with Crippen molar-refractivity contribution in [2.24, 2.45) is 0 Å². The number of ether oxygens (including phenoxy) is 9. The third kappa shape index (κ3) is 15.1. The molecule has 0 bridgehead atoms. The van der Waals surface area contributed by atoms with Gasteiger partial charge >= 0.3 is 5.97 Å². The molecule has 11 heteroatoms. The molecule has 2 atom stereocenters. The zero-order valence-corrected chi connectivity index (χ0v) is 38.1. The van der Waals surface area contributed by atoms with Crippen molar-refractivity contribution in [3.8, 4) is 46.0 Å². The predicted octanol–water partition coefficient (Wildman–Crippen LogP) is 13.0. The Balaban J connectivity index is 1.86. The van der Waals surface area contributed by atoms with Gasteiger partial charge in [0.25, 0.3) is 0 Å². The molecule has 0 aromatic heterocycles. The van der Waals surface area contributed by atoms with Gasteiger partial charge in [-0.15, -0.1) is 0 Å². The molecule has 0 amide bonds. The van der Waals surface area contributed by atoms with Crippen LogP contribution in [0.4, 0.5) is 4.39 Å². The van der Waals surface area contributed by atoms with Crippen molar-refractivity contribution in [3.63, 3.8) is 0 Å². The number of benzene rings is 3. The molecule has 4 rings (SSSR count). The van der Waals surface area contributed by atoms with E-state index in [0.717, 1.165) is 102 Å². The number of rotatable bonds is 31. The SMILES string of the molecule is CCCCOc1cc(OCCCC)c2c(c1)O[C@@H](c1cc(OCCCC)c(OCCCC)c(OCCCC)c1)[C@H](OC(=O)c1cc(F)c(OCCCC)c(OCCCC)c1)C2. The fraction of sp³-hybridized carbons (Fsp3) is 0.620. The van der Waals surface area contributed by atoms with E-state index in [-0.39, 0.29) is 23.5 Å². The fourth-order valence-electron chi connectivity index (χ4n) is 6.56. The van der Waals surface area contributed by atoms with Crippen molar-refractivity contribution >= 4 is 5.97 Å². The first kappa shape index (κ1) is 49.1. The summed E-state index contributed by atoms with van der Waals surface area (Å²) < 4.78 is 72.9. The fourth-order valence-corrected chi connectivity index (χ4v) is 6.56.